The normalized spacial score (nSPS) is 9.36. The van der Waals surface area contributed by atoms with E-state index in [4.69, 9.17) is 12.2 Å². The van der Waals surface area contributed by atoms with Gasteiger partial charge < -0.3 is 5.32 Å². The number of rotatable bonds is 2. The Kier molecular flexibility index (Phi) is 3.84. The highest BCUT2D eigenvalue weighted by atomic mass is 32.1. The van der Waals surface area contributed by atoms with Crippen molar-refractivity contribution in [3.05, 3.63) is 35.4 Å². The second-order valence-electron chi connectivity index (χ2n) is 3.49. The Hall–Kier alpha value is -1.15. The molecule has 0 aliphatic carbocycles. The fraction of sp³-hybridized carbons (Fsp3) is 0.250. The third kappa shape index (κ3) is 3.30. The Balaban J connectivity index is 3.03. The van der Waals surface area contributed by atoms with E-state index in [1.807, 2.05) is 25.1 Å². The molecule has 74 valence electrons. The Bertz CT molecular complexity index is 362. The Morgan fingerprint density at radius 2 is 1.86 bits per heavy atom. The van der Waals surface area contributed by atoms with Gasteiger partial charge in [-0.1, -0.05) is 42.1 Å². The van der Waals surface area contributed by atoms with Crippen molar-refractivity contribution in [2.45, 2.75) is 20.8 Å². The highest BCUT2D eigenvalue weighted by Gasteiger charge is 1.98. The topological polar surface area (TPSA) is 12.0 Å². The first kappa shape index (κ1) is 10.9. The molecule has 0 bridgehead atoms. The van der Waals surface area contributed by atoms with Crippen LogP contribution in [0.15, 0.2) is 29.8 Å². The van der Waals surface area contributed by atoms with Crippen LogP contribution in [0, 0.1) is 0 Å². The van der Waals surface area contributed by atoms with Gasteiger partial charge in [-0.2, -0.15) is 0 Å². The SMILES string of the molecule is CC(=S)Nc1ccccc1C=C(C)C. The largest absolute Gasteiger partial charge is 0.350 e. The zero-order valence-corrected chi connectivity index (χ0v) is 9.61. The van der Waals surface area contributed by atoms with E-state index in [2.05, 4.69) is 31.3 Å². The molecule has 1 N–H and O–H groups in total. The van der Waals surface area contributed by atoms with Gasteiger partial charge in [-0.15, -0.1) is 0 Å². The van der Waals surface area contributed by atoms with Gasteiger partial charge in [-0.3, -0.25) is 0 Å². The summed E-state index contributed by atoms with van der Waals surface area (Å²) in [6.07, 6.45) is 2.14. The van der Waals surface area contributed by atoms with E-state index < -0.39 is 0 Å². The van der Waals surface area contributed by atoms with Gasteiger partial charge in [0, 0.05) is 5.69 Å². The molecule has 1 rings (SSSR count). The summed E-state index contributed by atoms with van der Waals surface area (Å²) >= 11 is 5.02. The summed E-state index contributed by atoms with van der Waals surface area (Å²) < 4.78 is 0. The smallest absolute Gasteiger partial charge is 0.0765 e. The van der Waals surface area contributed by atoms with Crippen LogP contribution in [-0.4, -0.2) is 4.99 Å². The molecule has 0 heterocycles. The Morgan fingerprint density at radius 3 is 2.43 bits per heavy atom. The maximum absolute atomic E-state index is 5.02. The van der Waals surface area contributed by atoms with Crippen LogP contribution in [0.4, 0.5) is 5.69 Å². The Labute approximate surface area is 90.8 Å². The van der Waals surface area contributed by atoms with Crippen molar-refractivity contribution < 1.29 is 0 Å². The average Bonchev–Trinajstić information content (AvgIpc) is 2.06. The number of para-hydroxylation sites is 1. The van der Waals surface area contributed by atoms with Gasteiger partial charge in [0.2, 0.25) is 0 Å². The fourth-order valence-electron chi connectivity index (χ4n) is 1.24. The molecule has 2 heteroatoms. The maximum atomic E-state index is 5.02. The zero-order chi connectivity index (χ0) is 10.6. The third-order valence-electron chi connectivity index (χ3n) is 1.72. The molecule has 0 amide bonds. The maximum Gasteiger partial charge on any atom is 0.0765 e. The van der Waals surface area contributed by atoms with Crippen LogP contribution in [0.5, 0.6) is 0 Å². The second kappa shape index (κ2) is 4.91. The molecule has 0 aromatic heterocycles. The first-order valence-electron chi connectivity index (χ1n) is 4.61. The molecule has 0 aliphatic heterocycles. The van der Waals surface area contributed by atoms with E-state index in [0.29, 0.717) is 0 Å². The number of anilines is 1. The minimum absolute atomic E-state index is 0.791. The highest BCUT2D eigenvalue weighted by Crippen LogP contribution is 2.18. The molecule has 0 atom stereocenters. The Morgan fingerprint density at radius 1 is 1.21 bits per heavy atom. The van der Waals surface area contributed by atoms with Crippen LogP contribution < -0.4 is 5.32 Å². The van der Waals surface area contributed by atoms with Gasteiger partial charge in [0.1, 0.15) is 0 Å². The lowest BCUT2D eigenvalue weighted by Gasteiger charge is -2.07. The third-order valence-corrected chi connectivity index (χ3v) is 1.82. The van der Waals surface area contributed by atoms with Crippen molar-refractivity contribution >= 4 is 29.0 Å². The van der Waals surface area contributed by atoms with Crippen LogP contribution >= 0.6 is 12.2 Å². The predicted molar refractivity (Wildman–Crippen MR) is 67.7 cm³/mol. The van der Waals surface area contributed by atoms with Crippen molar-refractivity contribution in [1.29, 1.82) is 0 Å². The molecule has 0 saturated carbocycles. The standard InChI is InChI=1S/C12H15NS/c1-9(2)8-11-6-4-5-7-12(11)13-10(3)14/h4-8H,1-3H3,(H,13,14). The number of benzene rings is 1. The number of hydrogen-bond acceptors (Lipinski definition) is 1. The lowest BCUT2D eigenvalue weighted by Crippen LogP contribution is -2.04. The number of thiocarbonyl (C=S) groups is 1. The van der Waals surface area contributed by atoms with Gasteiger partial charge >= 0.3 is 0 Å². The summed E-state index contributed by atoms with van der Waals surface area (Å²) in [7, 11) is 0. The summed E-state index contributed by atoms with van der Waals surface area (Å²) in [5.41, 5.74) is 3.53. The van der Waals surface area contributed by atoms with Gasteiger partial charge in [0.05, 0.1) is 4.99 Å². The van der Waals surface area contributed by atoms with Gasteiger partial charge in [-0.25, -0.2) is 0 Å². The quantitative estimate of drug-likeness (QED) is 0.736. The summed E-state index contributed by atoms with van der Waals surface area (Å²) in [6, 6.07) is 8.14. The highest BCUT2D eigenvalue weighted by molar-refractivity contribution is 7.80. The van der Waals surface area contributed by atoms with E-state index in [1.54, 1.807) is 0 Å². The van der Waals surface area contributed by atoms with Crippen LogP contribution in [0.2, 0.25) is 0 Å². The van der Waals surface area contributed by atoms with E-state index in [0.717, 1.165) is 10.7 Å². The van der Waals surface area contributed by atoms with E-state index >= 15 is 0 Å². The van der Waals surface area contributed by atoms with Crippen molar-refractivity contribution in [2.75, 3.05) is 5.32 Å². The van der Waals surface area contributed by atoms with E-state index in [-0.39, 0.29) is 0 Å². The van der Waals surface area contributed by atoms with Crippen LogP contribution in [0.1, 0.15) is 26.3 Å². The zero-order valence-electron chi connectivity index (χ0n) is 8.79. The second-order valence-corrected chi connectivity index (χ2v) is 4.10. The average molecular weight is 205 g/mol. The minimum atomic E-state index is 0.791. The summed E-state index contributed by atoms with van der Waals surface area (Å²) in [4.78, 5) is 0.791. The van der Waals surface area contributed by atoms with Crippen molar-refractivity contribution in [3.63, 3.8) is 0 Å². The molecule has 0 saturated heterocycles. The van der Waals surface area contributed by atoms with Gasteiger partial charge in [0.15, 0.2) is 0 Å². The minimum Gasteiger partial charge on any atom is -0.350 e. The van der Waals surface area contributed by atoms with Crippen molar-refractivity contribution in [3.8, 4) is 0 Å². The molecule has 1 nitrogen and oxygen atoms in total. The number of allylic oxidation sites excluding steroid dienone is 1. The molecule has 0 fully saturated rings. The lowest BCUT2D eigenvalue weighted by atomic mass is 10.1. The first-order valence-corrected chi connectivity index (χ1v) is 5.02. The summed E-state index contributed by atoms with van der Waals surface area (Å²) in [6.45, 7) is 6.05. The van der Waals surface area contributed by atoms with Crippen LogP contribution in [-0.2, 0) is 0 Å². The van der Waals surface area contributed by atoms with E-state index in [1.165, 1.54) is 11.1 Å². The number of hydrogen-bond donors (Lipinski definition) is 1. The molecule has 1 aromatic rings. The molecule has 14 heavy (non-hydrogen) atoms. The fourth-order valence-corrected chi connectivity index (χ4v) is 1.35. The van der Waals surface area contributed by atoms with Crippen LogP contribution in [0.25, 0.3) is 6.08 Å². The molecule has 0 unspecified atom stereocenters. The van der Waals surface area contributed by atoms with Crippen molar-refractivity contribution in [2.24, 2.45) is 0 Å². The van der Waals surface area contributed by atoms with Gasteiger partial charge in [-0.05, 0) is 32.4 Å². The summed E-state index contributed by atoms with van der Waals surface area (Å²) in [5.74, 6) is 0. The van der Waals surface area contributed by atoms with Crippen molar-refractivity contribution in [1.82, 2.24) is 0 Å². The molecule has 1 aromatic carbocycles. The summed E-state index contributed by atoms with van der Waals surface area (Å²) in [5, 5.41) is 3.17. The molecule has 0 aliphatic rings. The number of nitrogens with one attached hydrogen (secondary N) is 1. The van der Waals surface area contributed by atoms with E-state index in [9.17, 15) is 0 Å². The van der Waals surface area contributed by atoms with Gasteiger partial charge in [0.25, 0.3) is 0 Å². The molecular formula is C12H15NS. The predicted octanol–water partition coefficient (Wildman–Crippen LogP) is 3.87. The molecule has 0 spiro atoms. The molecular weight excluding hydrogens is 190 g/mol. The van der Waals surface area contributed by atoms with Crippen LogP contribution in [0.3, 0.4) is 0 Å². The first-order chi connectivity index (χ1) is 6.59. The lowest BCUT2D eigenvalue weighted by molar-refractivity contribution is 1.42. The molecule has 0 radical (unpaired) electrons. The monoisotopic (exact) mass is 205 g/mol.